The lowest BCUT2D eigenvalue weighted by molar-refractivity contribution is 0.0250. The van der Waals surface area contributed by atoms with E-state index in [4.69, 9.17) is 0 Å². The quantitative estimate of drug-likeness (QED) is 0.795. The maximum atomic E-state index is 9.21. The van der Waals surface area contributed by atoms with Crippen molar-refractivity contribution in [1.29, 1.82) is 0 Å². The number of hydrogen-bond donors (Lipinski definition) is 1. The van der Waals surface area contributed by atoms with Crippen molar-refractivity contribution >= 4 is 0 Å². The van der Waals surface area contributed by atoms with Crippen molar-refractivity contribution in [3.63, 3.8) is 0 Å². The molecule has 16 heavy (non-hydrogen) atoms. The van der Waals surface area contributed by atoms with E-state index in [0.29, 0.717) is 6.61 Å². The molecule has 0 bridgehead atoms. The van der Waals surface area contributed by atoms with Gasteiger partial charge in [-0.25, -0.2) is 0 Å². The Morgan fingerprint density at radius 2 is 1.75 bits per heavy atom. The van der Waals surface area contributed by atoms with Crippen LogP contribution >= 0.6 is 0 Å². The van der Waals surface area contributed by atoms with E-state index in [1.807, 2.05) is 0 Å². The molecule has 0 aromatic carbocycles. The molecule has 2 rings (SSSR count). The molecule has 0 aliphatic heterocycles. The fourth-order valence-corrected chi connectivity index (χ4v) is 3.32. The molecule has 0 aromatic heterocycles. The third-order valence-electron chi connectivity index (χ3n) is 4.94. The lowest BCUT2D eigenvalue weighted by Crippen LogP contribution is -2.50. The minimum absolute atomic E-state index is 0.330. The smallest absolute Gasteiger partial charge is 0.0558 e. The molecule has 2 heteroatoms. The van der Waals surface area contributed by atoms with Crippen molar-refractivity contribution in [2.75, 3.05) is 13.2 Å². The summed E-state index contributed by atoms with van der Waals surface area (Å²) in [5.74, 6) is 1.76. The fraction of sp³-hybridized carbons (Fsp3) is 1.00. The Labute approximate surface area is 100 Å². The van der Waals surface area contributed by atoms with Crippen molar-refractivity contribution in [2.24, 2.45) is 11.8 Å². The highest BCUT2D eigenvalue weighted by molar-refractivity contribution is 4.88. The summed E-state index contributed by atoms with van der Waals surface area (Å²) in [7, 11) is 0. The van der Waals surface area contributed by atoms with E-state index in [-0.39, 0.29) is 0 Å². The second kappa shape index (κ2) is 5.50. The third-order valence-corrected chi connectivity index (χ3v) is 4.94. The van der Waals surface area contributed by atoms with Crippen LogP contribution in [0, 0.1) is 11.8 Å². The molecule has 0 radical (unpaired) electrons. The molecule has 2 saturated carbocycles. The Kier molecular flexibility index (Phi) is 4.26. The molecule has 1 N–H and O–H groups in total. The minimum Gasteiger partial charge on any atom is -0.395 e. The van der Waals surface area contributed by atoms with Gasteiger partial charge < -0.3 is 5.11 Å². The van der Waals surface area contributed by atoms with Gasteiger partial charge in [-0.3, -0.25) is 4.90 Å². The molecule has 2 nitrogen and oxygen atoms in total. The molecule has 3 unspecified atom stereocenters. The zero-order valence-corrected chi connectivity index (χ0v) is 10.9. The van der Waals surface area contributed by atoms with Gasteiger partial charge in [-0.15, -0.1) is 0 Å². The summed E-state index contributed by atoms with van der Waals surface area (Å²) in [5, 5.41) is 9.21. The molecule has 0 spiro atoms. The number of aliphatic hydroxyl groups is 1. The van der Waals surface area contributed by atoms with E-state index in [2.05, 4.69) is 18.7 Å². The van der Waals surface area contributed by atoms with Crippen LogP contribution in [0.5, 0.6) is 0 Å². The van der Waals surface area contributed by atoms with Gasteiger partial charge in [0.05, 0.1) is 6.61 Å². The molecule has 0 saturated heterocycles. The molecule has 0 aromatic rings. The van der Waals surface area contributed by atoms with E-state index >= 15 is 0 Å². The number of nitrogens with zero attached hydrogens (tertiary/aromatic N) is 1. The average Bonchev–Trinajstić information content (AvgIpc) is 2.19. The zero-order chi connectivity index (χ0) is 11.5. The lowest BCUT2D eigenvalue weighted by atomic mass is 9.77. The van der Waals surface area contributed by atoms with Crippen LogP contribution < -0.4 is 0 Å². The Morgan fingerprint density at radius 3 is 2.25 bits per heavy atom. The lowest BCUT2D eigenvalue weighted by Gasteiger charge is -2.46. The van der Waals surface area contributed by atoms with E-state index in [1.165, 1.54) is 38.5 Å². The van der Waals surface area contributed by atoms with Crippen LogP contribution in [-0.4, -0.2) is 35.2 Å². The standard InChI is InChI=1S/C14H27NO/c1-11-6-7-14(10-12(11)2)15(8-9-16)13-4-3-5-13/h11-14,16H,3-10H2,1-2H3. The van der Waals surface area contributed by atoms with Gasteiger partial charge in [0.25, 0.3) is 0 Å². The Hall–Kier alpha value is -0.0800. The minimum atomic E-state index is 0.330. The molecular formula is C14H27NO. The van der Waals surface area contributed by atoms with E-state index in [0.717, 1.165) is 30.5 Å². The zero-order valence-electron chi connectivity index (χ0n) is 10.9. The van der Waals surface area contributed by atoms with Crippen molar-refractivity contribution in [2.45, 2.75) is 64.5 Å². The maximum absolute atomic E-state index is 9.21. The highest BCUT2D eigenvalue weighted by Crippen LogP contribution is 2.36. The van der Waals surface area contributed by atoms with Crippen LogP contribution in [0.1, 0.15) is 52.4 Å². The normalized spacial score (nSPS) is 36.4. The molecular weight excluding hydrogens is 198 g/mol. The van der Waals surface area contributed by atoms with Crippen molar-refractivity contribution in [1.82, 2.24) is 4.90 Å². The fourth-order valence-electron chi connectivity index (χ4n) is 3.32. The van der Waals surface area contributed by atoms with E-state index in [1.54, 1.807) is 0 Å². The van der Waals surface area contributed by atoms with Gasteiger partial charge in [0.15, 0.2) is 0 Å². The van der Waals surface area contributed by atoms with Gasteiger partial charge >= 0.3 is 0 Å². The van der Waals surface area contributed by atoms with Crippen LogP contribution in [0.4, 0.5) is 0 Å². The first-order valence-corrected chi connectivity index (χ1v) is 7.09. The van der Waals surface area contributed by atoms with Gasteiger partial charge in [0, 0.05) is 18.6 Å². The van der Waals surface area contributed by atoms with Crippen molar-refractivity contribution < 1.29 is 5.11 Å². The Bertz CT molecular complexity index is 215. The second-order valence-electron chi connectivity index (χ2n) is 5.97. The average molecular weight is 225 g/mol. The molecule has 2 aliphatic rings. The van der Waals surface area contributed by atoms with Gasteiger partial charge in [-0.2, -0.15) is 0 Å². The highest BCUT2D eigenvalue weighted by Gasteiger charge is 2.34. The molecule has 2 fully saturated rings. The Morgan fingerprint density at radius 1 is 1.00 bits per heavy atom. The summed E-state index contributed by atoms with van der Waals surface area (Å²) in [6, 6.07) is 1.54. The molecule has 94 valence electrons. The Balaban J connectivity index is 1.91. The summed E-state index contributed by atoms with van der Waals surface area (Å²) in [6.07, 6.45) is 8.19. The summed E-state index contributed by atoms with van der Waals surface area (Å²) in [5.41, 5.74) is 0. The topological polar surface area (TPSA) is 23.5 Å². The van der Waals surface area contributed by atoms with Crippen molar-refractivity contribution in [3.8, 4) is 0 Å². The van der Waals surface area contributed by atoms with Crippen LogP contribution in [0.2, 0.25) is 0 Å². The monoisotopic (exact) mass is 225 g/mol. The molecule has 3 atom stereocenters. The SMILES string of the molecule is CC1CCC(N(CCO)C2CCC2)CC1C. The highest BCUT2D eigenvalue weighted by atomic mass is 16.3. The first-order chi connectivity index (χ1) is 7.72. The van der Waals surface area contributed by atoms with E-state index < -0.39 is 0 Å². The first kappa shape index (κ1) is 12.4. The number of rotatable bonds is 4. The van der Waals surface area contributed by atoms with Crippen LogP contribution in [0.25, 0.3) is 0 Å². The van der Waals surface area contributed by atoms with Gasteiger partial charge in [-0.05, 0) is 43.9 Å². The maximum Gasteiger partial charge on any atom is 0.0558 e. The third kappa shape index (κ3) is 2.60. The molecule has 0 amide bonds. The van der Waals surface area contributed by atoms with Crippen LogP contribution in [0.3, 0.4) is 0 Å². The van der Waals surface area contributed by atoms with Gasteiger partial charge in [0.2, 0.25) is 0 Å². The second-order valence-corrected chi connectivity index (χ2v) is 5.97. The summed E-state index contributed by atoms with van der Waals surface area (Å²) < 4.78 is 0. The van der Waals surface area contributed by atoms with Gasteiger partial charge in [0.1, 0.15) is 0 Å². The number of aliphatic hydroxyl groups excluding tert-OH is 1. The van der Waals surface area contributed by atoms with E-state index in [9.17, 15) is 5.11 Å². The van der Waals surface area contributed by atoms with Crippen LogP contribution in [-0.2, 0) is 0 Å². The molecule has 2 aliphatic carbocycles. The molecule has 0 heterocycles. The first-order valence-electron chi connectivity index (χ1n) is 7.09. The number of hydrogen-bond acceptors (Lipinski definition) is 2. The largest absolute Gasteiger partial charge is 0.395 e. The van der Waals surface area contributed by atoms with Crippen molar-refractivity contribution in [3.05, 3.63) is 0 Å². The summed E-state index contributed by atoms with van der Waals surface area (Å²) >= 11 is 0. The predicted molar refractivity (Wildman–Crippen MR) is 67.4 cm³/mol. The summed E-state index contributed by atoms with van der Waals surface area (Å²) in [4.78, 5) is 2.62. The van der Waals surface area contributed by atoms with Crippen LogP contribution in [0.15, 0.2) is 0 Å². The van der Waals surface area contributed by atoms with Gasteiger partial charge in [-0.1, -0.05) is 20.3 Å². The summed E-state index contributed by atoms with van der Waals surface area (Å²) in [6.45, 7) is 6.02. The predicted octanol–water partition coefficient (Wildman–Crippen LogP) is 2.66.